The van der Waals surface area contributed by atoms with Crippen LogP contribution >= 0.6 is 0 Å². The molecule has 2 aliphatic heterocycles. The monoisotopic (exact) mass is 604 g/mol. The summed E-state index contributed by atoms with van der Waals surface area (Å²) in [5, 5.41) is 13.9. The Kier molecular flexibility index (Phi) is 10.5. The highest BCUT2D eigenvalue weighted by molar-refractivity contribution is 6.38. The summed E-state index contributed by atoms with van der Waals surface area (Å²) in [6.07, 6.45) is 2.09. The van der Waals surface area contributed by atoms with Gasteiger partial charge in [-0.3, -0.25) is 24.0 Å². The van der Waals surface area contributed by atoms with Gasteiger partial charge in [-0.15, -0.1) is 0 Å². The van der Waals surface area contributed by atoms with Crippen molar-refractivity contribution in [3.8, 4) is 0 Å². The molecule has 0 bridgehead atoms. The van der Waals surface area contributed by atoms with Gasteiger partial charge in [0.05, 0.1) is 6.04 Å². The molecule has 0 aromatic heterocycles. The molecule has 6 amide bonds. The number of hydrogen-bond acceptors (Lipinski definition) is 6. The largest absolute Gasteiger partial charge is 0.356 e. The van der Waals surface area contributed by atoms with Gasteiger partial charge in [0.1, 0.15) is 12.1 Å². The van der Waals surface area contributed by atoms with Crippen LogP contribution in [-0.2, 0) is 24.0 Å². The normalized spacial score (nSPS) is 25.5. The number of amides is 6. The van der Waals surface area contributed by atoms with Crippen LogP contribution in [0.2, 0.25) is 0 Å². The topological polar surface area (TPSA) is 166 Å². The Hall–Kier alpha value is -3.18. The summed E-state index contributed by atoms with van der Waals surface area (Å²) < 4.78 is 0. The average Bonchev–Trinajstić information content (AvgIpc) is 3.48. The van der Waals surface area contributed by atoms with Crippen molar-refractivity contribution in [2.45, 2.75) is 118 Å². The number of Topliss-reactive ketones (excluding diaryl/α,β-unsaturated/α-hetero) is 1. The lowest BCUT2D eigenvalue weighted by atomic mass is 9.81. The van der Waals surface area contributed by atoms with E-state index in [2.05, 4.69) is 26.6 Å². The molecular weight excluding hydrogens is 552 g/mol. The highest BCUT2D eigenvalue weighted by Gasteiger charge is 2.51. The predicted octanol–water partition coefficient (Wildman–Crippen LogP) is 1.48. The number of rotatable bonds is 10. The third-order valence-corrected chi connectivity index (χ3v) is 8.49. The number of carbonyl (C=O) groups is 6. The first kappa shape index (κ1) is 34.3. The zero-order chi connectivity index (χ0) is 32.4. The second kappa shape index (κ2) is 13.2. The molecule has 1 saturated carbocycles. The van der Waals surface area contributed by atoms with Crippen molar-refractivity contribution < 1.29 is 28.8 Å². The lowest BCUT2D eigenvalue weighted by molar-refractivity contribution is -0.145. The van der Waals surface area contributed by atoms with Gasteiger partial charge in [0.15, 0.2) is 0 Å². The van der Waals surface area contributed by atoms with E-state index in [0.717, 1.165) is 12.8 Å². The number of nitrogens with zero attached hydrogens (tertiary/aromatic N) is 1. The van der Waals surface area contributed by atoms with Crippen molar-refractivity contribution in [1.82, 2.24) is 31.5 Å². The Bertz CT molecular complexity index is 1110. The molecule has 242 valence electrons. The maximum Gasteiger partial charge on any atom is 0.315 e. The van der Waals surface area contributed by atoms with Gasteiger partial charge in [-0.1, -0.05) is 41.5 Å². The van der Waals surface area contributed by atoms with E-state index in [4.69, 9.17) is 0 Å². The van der Waals surface area contributed by atoms with Crippen molar-refractivity contribution >= 4 is 35.4 Å². The van der Waals surface area contributed by atoms with Gasteiger partial charge >= 0.3 is 6.03 Å². The molecule has 12 nitrogen and oxygen atoms in total. The molecule has 1 aliphatic carbocycles. The Morgan fingerprint density at radius 3 is 2.09 bits per heavy atom. The number of carbonyl (C=O) groups excluding carboxylic acids is 6. The van der Waals surface area contributed by atoms with E-state index in [9.17, 15) is 28.8 Å². The van der Waals surface area contributed by atoms with Gasteiger partial charge in [0.2, 0.25) is 23.5 Å². The van der Waals surface area contributed by atoms with Crippen LogP contribution in [0.15, 0.2) is 0 Å². The van der Waals surface area contributed by atoms with Crippen LogP contribution in [0.25, 0.3) is 0 Å². The minimum Gasteiger partial charge on any atom is -0.356 e. The van der Waals surface area contributed by atoms with Gasteiger partial charge in [-0.2, -0.15) is 0 Å². The lowest BCUT2D eigenvalue weighted by Crippen LogP contribution is -2.62. The number of urea groups is 1. The molecule has 3 rings (SSSR count). The lowest BCUT2D eigenvalue weighted by Gasteiger charge is -2.37. The van der Waals surface area contributed by atoms with E-state index in [-0.39, 0.29) is 36.1 Å². The van der Waals surface area contributed by atoms with E-state index in [1.54, 1.807) is 0 Å². The van der Waals surface area contributed by atoms with Crippen LogP contribution < -0.4 is 26.6 Å². The molecule has 2 heterocycles. The first-order chi connectivity index (χ1) is 19.8. The summed E-state index contributed by atoms with van der Waals surface area (Å²) in [5.41, 5.74) is -1.20. The highest BCUT2D eigenvalue weighted by atomic mass is 16.2. The molecule has 0 spiro atoms. The van der Waals surface area contributed by atoms with Crippen molar-refractivity contribution in [1.29, 1.82) is 0 Å². The molecule has 6 atom stereocenters. The molecule has 3 fully saturated rings. The van der Waals surface area contributed by atoms with Gasteiger partial charge in [-0.25, -0.2) is 4.79 Å². The van der Waals surface area contributed by atoms with Crippen LogP contribution in [0.5, 0.6) is 0 Å². The molecule has 0 aromatic rings. The summed E-state index contributed by atoms with van der Waals surface area (Å²) in [4.78, 5) is 81.2. The van der Waals surface area contributed by atoms with Gasteiger partial charge in [0.25, 0.3) is 5.91 Å². The maximum absolute atomic E-state index is 14.2. The van der Waals surface area contributed by atoms with Gasteiger partial charge in [0, 0.05) is 30.6 Å². The van der Waals surface area contributed by atoms with Crippen molar-refractivity contribution in [2.75, 3.05) is 13.1 Å². The quantitative estimate of drug-likeness (QED) is 0.237. The van der Waals surface area contributed by atoms with E-state index in [1.807, 2.05) is 62.3 Å². The molecule has 12 heteroatoms. The smallest absolute Gasteiger partial charge is 0.315 e. The standard InChI is InChI=1S/C31H52N6O6/c1-16(2)21-17(3)15-37(28(42)24(30(4,5)6)35-29(43)36-31(7,8)9)22(21)26(40)34-20(14-18-12-13-32-25(18)39)23(38)27(41)33-19-10-11-19/h16-22,24H,10-15H2,1-9H3,(H,32,39)(H,33,41)(H,34,40)(H2,35,36,43)/t17-,18-,20-,21-,22-,24+/m0/s1. The molecule has 0 radical (unpaired) electrons. The first-order valence-corrected chi connectivity index (χ1v) is 15.6. The fraction of sp³-hybridized carbons (Fsp3) is 0.806. The number of likely N-dealkylation sites (tertiary alicyclic amines) is 1. The Morgan fingerprint density at radius 1 is 0.977 bits per heavy atom. The molecule has 0 unspecified atom stereocenters. The second-order valence-corrected chi connectivity index (χ2v) is 15.1. The maximum atomic E-state index is 14.2. The molecule has 5 N–H and O–H groups in total. The number of ketones is 1. The Morgan fingerprint density at radius 2 is 1.60 bits per heavy atom. The van der Waals surface area contributed by atoms with Crippen molar-refractivity contribution in [2.24, 2.45) is 29.1 Å². The first-order valence-electron chi connectivity index (χ1n) is 15.6. The Labute approximate surface area is 255 Å². The predicted molar refractivity (Wildman–Crippen MR) is 161 cm³/mol. The second-order valence-electron chi connectivity index (χ2n) is 15.1. The van der Waals surface area contributed by atoms with Crippen LogP contribution in [0.4, 0.5) is 4.79 Å². The van der Waals surface area contributed by atoms with E-state index in [1.165, 1.54) is 4.90 Å². The van der Waals surface area contributed by atoms with Gasteiger partial charge < -0.3 is 31.5 Å². The summed E-state index contributed by atoms with van der Waals surface area (Å²) >= 11 is 0. The van der Waals surface area contributed by atoms with E-state index < -0.39 is 64.5 Å². The molecule has 2 saturated heterocycles. The zero-order valence-electron chi connectivity index (χ0n) is 27.3. The Balaban J connectivity index is 1.90. The van der Waals surface area contributed by atoms with Crippen LogP contribution in [-0.4, -0.2) is 83.1 Å². The molecular formula is C31H52N6O6. The fourth-order valence-corrected chi connectivity index (χ4v) is 6.24. The van der Waals surface area contributed by atoms with Crippen molar-refractivity contribution in [3.05, 3.63) is 0 Å². The minimum absolute atomic E-state index is 0.00377. The van der Waals surface area contributed by atoms with Crippen LogP contribution in [0, 0.1) is 29.1 Å². The highest BCUT2D eigenvalue weighted by Crippen LogP contribution is 2.37. The third-order valence-electron chi connectivity index (χ3n) is 8.49. The molecule has 3 aliphatic rings. The third kappa shape index (κ3) is 8.92. The summed E-state index contributed by atoms with van der Waals surface area (Å²) in [5.74, 6) is -3.50. The fourth-order valence-electron chi connectivity index (χ4n) is 6.24. The summed E-state index contributed by atoms with van der Waals surface area (Å²) in [7, 11) is 0. The van der Waals surface area contributed by atoms with E-state index in [0.29, 0.717) is 19.5 Å². The SMILES string of the molecule is CC(C)[C@@H]1[C@@H](C(=O)N[C@@H](C[C@@H]2CCNC2=O)C(=O)C(=O)NC2CC2)N(C(=O)[C@@H](NC(=O)NC(C)(C)C)C(C)(C)C)C[C@@H]1C. The molecule has 43 heavy (non-hydrogen) atoms. The number of nitrogens with one attached hydrogen (secondary N) is 5. The average molecular weight is 605 g/mol. The van der Waals surface area contributed by atoms with Crippen LogP contribution in [0.3, 0.4) is 0 Å². The van der Waals surface area contributed by atoms with E-state index >= 15 is 0 Å². The summed E-state index contributed by atoms with van der Waals surface area (Å²) in [6.45, 7) is 17.8. The zero-order valence-corrected chi connectivity index (χ0v) is 27.3. The van der Waals surface area contributed by atoms with Crippen LogP contribution in [0.1, 0.15) is 88.0 Å². The summed E-state index contributed by atoms with van der Waals surface area (Å²) in [6, 6.07) is -3.62. The number of hydrogen-bond donors (Lipinski definition) is 5. The molecule has 0 aromatic carbocycles. The van der Waals surface area contributed by atoms with Crippen molar-refractivity contribution in [3.63, 3.8) is 0 Å². The van der Waals surface area contributed by atoms with Gasteiger partial charge in [-0.05, 0) is 69.6 Å². The minimum atomic E-state index is -1.21.